The lowest BCUT2D eigenvalue weighted by Crippen LogP contribution is -2.42. The van der Waals surface area contributed by atoms with Crippen LogP contribution in [0.25, 0.3) is 0 Å². The van der Waals surface area contributed by atoms with Crippen molar-refractivity contribution < 1.29 is 13.9 Å². The maximum absolute atomic E-state index is 12.2. The van der Waals surface area contributed by atoms with E-state index in [1.807, 2.05) is 0 Å². The first-order chi connectivity index (χ1) is 4.55. The highest BCUT2D eigenvalue weighted by Gasteiger charge is 2.47. The van der Waals surface area contributed by atoms with Crippen molar-refractivity contribution in [1.29, 1.82) is 0 Å². The van der Waals surface area contributed by atoms with Gasteiger partial charge in [-0.25, -0.2) is 8.78 Å². The van der Waals surface area contributed by atoms with Gasteiger partial charge in [-0.05, 0) is 5.92 Å². The Labute approximate surface area is 66.6 Å². The van der Waals surface area contributed by atoms with E-state index in [1.165, 1.54) is 0 Å². The second-order valence-electron chi connectivity index (χ2n) is 2.75. The van der Waals surface area contributed by atoms with Gasteiger partial charge in [0.2, 0.25) is 5.92 Å². The van der Waals surface area contributed by atoms with E-state index in [-0.39, 0.29) is 18.8 Å². The van der Waals surface area contributed by atoms with Crippen molar-refractivity contribution in [3.63, 3.8) is 0 Å². The highest BCUT2D eigenvalue weighted by atomic mass is 79.9. The summed E-state index contributed by atoms with van der Waals surface area (Å²) < 4.78 is 24.3. The molecule has 1 nitrogen and oxygen atoms in total. The summed E-state index contributed by atoms with van der Waals surface area (Å²) in [4.78, 5) is 0. The normalized spacial score (nSPS) is 27.6. The Kier molecular flexibility index (Phi) is 2.30. The first-order valence-corrected chi connectivity index (χ1v) is 4.29. The summed E-state index contributed by atoms with van der Waals surface area (Å²) in [7, 11) is 0. The van der Waals surface area contributed by atoms with Crippen molar-refractivity contribution in [2.75, 3.05) is 5.33 Å². The smallest absolute Gasteiger partial charge is 0.248 e. The van der Waals surface area contributed by atoms with E-state index < -0.39 is 12.0 Å². The van der Waals surface area contributed by atoms with Crippen LogP contribution in [0, 0.1) is 5.92 Å². The van der Waals surface area contributed by atoms with Gasteiger partial charge in [0.05, 0.1) is 6.10 Å². The van der Waals surface area contributed by atoms with Crippen LogP contribution in [0.5, 0.6) is 0 Å². The first-order valence-electron chi connectivity index (χ1n) is 3.17. The number of halogens is 3. The lowest BCUT2D eigenvalue weighted by molar-refractivity contribution is -0.136. The summed E-state index contributed by atoms with van der Waals surface area (Å²) in [5.41, 5.74) is 0. The van der Waals surface area contributed by atoms with Crippen molar-refractivity contribution in [3.05, 3.63) is 0 Å². The molecule has 0 radical (unpaired) electrons. The van der Waals surface area contributed by atoms with E-state index >= 15 is 0 Å². The Morgan fingerprint density at radius 3 is 2.40 bits per heavy atom. The molecule has 10 heavy (non-hydrogen) atoms. The molecule has 1 fully saturated rings. The molecule has 0 heterocycles. The number of hydrogen-bond acceptors (Lipinski definition) is 1. The average molecular weight is 215 g/mol. The van der Waals surface area contributed by atoms with Gasteiger partial charge in [0.25, 0.3) is 0 Å². The SMILES string of the molecule is OC(CBr)C1CC(F)(F)C1. The first kappa shape index (κ1) is 8.40. The minimum absolute atomic E-state index is 0.153. The van der Waals surface area contributed by atoms with E-state index in [4.69, 9.17) is 5.11 Å². The zero-order valence-electron chi connectivity index (χ0n) is 5.36. The minimum Gasteiger partial charge on any atom is -0.392 e. The molecule has 1 rings (SSSR count). The Morgan fingerprint density at radius 1 is 1.60 bits per heavy atom. The van der Waals surface area contributed by atoms with Crippen molar-refractivity contribution in [3.8, 4) is 0 Å². The molecule has 0 saturated heterocycles. The third-order valence-electron chi connectivity index (χ3n) is 1.82. The average Bonchev–Trinajstić information content (AvgIpc) is 1.81. The van der Waals surface area contributed by atoms with Crippen LogP contribution < -0.4 is 0 Å². The van der Waals surface area contributed by atoms with Crippen LogP contribution >= 0.6 is 15.9 Å². The molecule has 0 aromatic rings. The lowest BCUT2D eigenvalue weighted by atomic mass is 9.78. The molecule has 1 aliphatic carbocycles. The molecule has 0 spiro atoms. The molecule has 1 aliphatic rings. The van der Waals surface area contributed by atoms with Crippen molar-refractivity contribution >= 4 is 15.9 Å². The standard InChI is InChI=1S/C6H9BrF2O/c7-3-5(10)4-1-6(8,9)2-4/h4-5,10H,1-3H2. The second-order valence-corrected chi connectivity index (χ2v) is 3.39. The molecule has 0 bridgehead atoms. The topological polar surface area (TPSA) is 20.2 Å². The predicted octanol–water partition coefficient (Wildman–Crippen LogP) is 1.79. The van der Waals surface area contributed by atoms with Gasteiger partial charge in [0.15, 0.2) is 0 Å². The van der Waals surface area contributed by atoms with Gasteiger partial charge in [0.1, 0.15) is 0 Å². The largest absolute Gasteiger partial charge is 0.392 e. The molecule has 1 N–H and O–H groups in total. The monoisotopic (exact) mass is 214 g/mol. The predicted molar refractivity (Wildman–Crippen MR) is 37.5 cm³/mol. The molecular weight excluding hydrogens is 206 g/mol. The van der Waals surface area contributed by atoms with Crippen LogP contribution in [0.3, 0.4) is 0 Å². The lowest BCUT2D eigenvalue weighted by Gasteiger charge is -2.37. The van der Waals surface area contributed by atoms with Crippen molar-refractivity contribution in [1.82, 2.24) is 0 Å². The van der Waals surface area contributed by atoms with Gasteiger partial charge >= 0.3 is 0 Å². The number of aliphatic hydroxyl groups excluding tert-OH is 1. The number of alkyl halides is 3. The highest BCUT2D eigenvalue weighted by molar-refractivity contribution is 9.09. The van der Waals surface area contributed by atoms with Crippen LogP contribution in [0.4, 0.5) is 8.78 Å². The molecule has 0 amide bonds. The number of rotatable bonds is 2. The summed E-state index contributed by atoms with van der Waals surface area (Å²) in [5.74, 6) is -2.71. The Bertz CT molecular complexity index is 121. The van der Waals surface area contributed by atoms with Crippen LogP contribution in [-0.4, -0.2) is 22.5 Å². The summed E-state index contributed by atoms with van der Waals surface area (Å²) in [6.45, 7) is 0. The summed E-state index contributed by atoms with van der Waals surface area (Å²) in [5, 5.41) is 9.43. The van der Waals surface area contributed by atoms with E-state index in [2.05, 4.69) is 15.9 Å². The minimum atomic E-state index is -2.51. The van der Waals surface area contributed by atoms with Crippen molar-refractivity contribution in [2.45, 2.75) is 24.9 Å². The molecule has 0 aromatic carbocycles. The van der Waals surface area contributed by atoms with Gasteiger partial charge in [-0.15, -0.1) is 0 Å². The van der Waals surface area contributed by atoms with Crippen LogP contribution in [-0.2, 0) is 0 Å². The maximum Gasteiger partial charge on any atom is 0.248 e. The summed E-state index contributed by atoms with van der Waals surface area (Å²) in [6.07, 6.45) is -0.904. The van der Waals surface area contributed by atoms with Crippen LogP contribution in [0.15, 0.2) is 0 Å². The molecule has 4 heteroatoms. The third kappa shape index (κ3) is 1.66. The van der Waals surface area contributed by atoms with Crippen LogP contribution in [0.1, 0.15) is 12.8 Å². The zero-order chi connectivity index (χ0) is 7.78. The maximum atomic E-state index is 12.2. The molecule has 1 unspecified atom stereocenters. The van der Waals surface area contributed by atoms with E-state index in [0.717, 1.165) is 0 Å². The number of aliphatic hydroxyl groups is 1. The van der Waals surface area contributed by atoms with E-state index in [1.54, 1.807) is 0 Å². The zero-order valence-corrected chi connectivity index (χ0v) is 6.94. The molecule has 0 aromatic heterocycles. The highest BCUT2D eigenvalue weighted by Crippen LogP contribution is 2.44. The van der Waals surface area contributed by atoms with Gasteiger partial charge in [0, 0.05) is 18.2 Å². The molecule has 1 atom stereocenters. The summed E-state index contributed by atoms with van der Waals surface area (Å²) >= 11 is 3.03. The van der Waals surface area contributed by atoms with Crippen molar-refractivity contribution in [2.24, 2.45) is 5.92 Å². The molecule has 60 valence electrons. The number of hydrogen-bond donors (Lipinski definition) is 1. The summed E-state index contributed by atoms with van der Waals surface area (Å²) in [6, 6.07) is 0. The molecular formula is C6H9BrF2O. The van der Waals surface area contributed by atoms with Gasteiger partial charge in [-0.2, -0.15) is 0 Å². The van der Waals surface area contributed by atoms with Crippen LogP contribution in [0.2, 0.25) is 0 Å². The van der Waals surface area contributed by atoms with E-state index in [0.29, 0.717) is 5.33 Å². The van der Waals surface area contributed by atoms with E-state index in [9.17, 15) is 8.78 Å². The van der Waals surface area contributed by atoms with Gasteiger partial charge in [-0.3, -0.25) is 0 Å². The fourth-order valence-electron chi connectivity index (χ4n) is 1.11. The Balaban J connectivity index is 2.26. The quantitative estimate of drug-likeness (QED) is 0.696. The molecule has 1 saturated carbocycles. The fourth-order valence-corrected chi connectivity index (χ4v) is 1.63. The fraction of sp³-hybridized carbons (Fsp3) is 1.00. The Hall–Kier alpha value is 0.300. The third-order valence-corrected chi connectivity index (χ3v) is 2.49. The van der Waals surface area contributed by atoms with Gasteiger partial charge in [-0.1, -0.05) is 15.9 Å². The molecule has 0 aliphatic heterocycles. The van der Waals surface area contributed by atoms with Gasteiger partial charge < -0.3 is 5.11 Å². The Morgan fingerprint density at radius 2 is 2.10 bits per heavy atom. The second kappa shape index (κ2) is 2.74.